The zero-order valence-corrected chi connectivity index (χ0v) is 14.9. The van der Waals surface area contributed by atoms with E-state index >= 15 is 0 Å². The van der Waals surface area contributed by atoms with Crippen molar-refractivity contribution in [3.63, 3.8) is 0 Å². The molecule has 138 valence electrons. The molecule has 0 atom stereocenters. The Morgan fingerprint density at radius 1 is 1.04 bits per heavy atom. The lowest BCUT2D eigenvalue weighted by Crippen LogP contribution is -2.10. The molecule has 1 heterocycles. The van der Waals surface area contributed by atoms with Crippen molar-refractivity contribution < 1.29 is 23.5 Å². The molecule has 0 saturated heterocycles. The molecule has 0 amide bonds. The number of halogens is 1. The second-order valence-corrected chi connectivity index (χ2v) is 6.36. The van der Waals surface area contributed by atoms with Crippen LogP contribution in [0.25, 0.3) is 6.08 Å². The van der Waals surface area contributed by atoms with Crippen LogP contribution in [-0.2, 0) is 0 Å². The largest absolute Gasteiger partial charge is 0.452 e. The van der Waals surface area contributed by atoms with Gasteiger partial charge in [0.05, 0.1) is 11.1 Å². The summed E-state index contributed by atoms with van der Waals surface area (Å²) in [6.45, 7) is 1.82. The van der Waals surface area contributed by atoms with E-state index in [9.17, 15) is 14.0 Å². The Morgan fingerprint density at radius 2 is 1.86 bits per heavy atom. The van der Waals surface area contributed by atoms with Crippen LogP contribution in [0.1, 0.15) is 31.8 Å². The smallest absolute Gasteiger partial charge is 0.343 e. The Bertz CT molecular complexity index is 1130. The number of aryl methyl sites for hydroxylation is 1. The summed E-state index contributed by atoms with van der Waals surface area (Å²) >= 11 is 0. The first-order valence-electron chi connectivity index (χ1n) is 8.63. The highest BCUT2D eigenvalue weighted by molar-refractivity contribution is 6.14. The van der Waals surface area contributed by atoms with E-state index in [0.717, 1.165) is 5.56 Å². The van der Waals surface area contributed by atoms with Gasteiger partial charge in [0.15, 0.2) is 5.76 Å². The summed E-state index contributed by atoms with van der Waals surface area (Å²) in [5, 5.41) is 0. The van der Waals surface area contributed by atoms with Crippen LogP contribution in [0.5, 0.6) is 11.5 Å². The third-order valence-corrected chi connectivity index (χ3v) is 4.36. The molecule has 3 aromatic carbocycles. The van der Waals surface area contributed by atoms with Gasteiger partial charge in [-0.05, 0) is 54.5 Å². The first-order valence-corrected chi connectivity index (χ1v) is 8.63. The number of hydrogen-bond acceptors (Lipinski definition) is 4. The summed E-state index contributed by atoms with van der Waals surface area (Å²) in [5.41, 5.74) is 2.15. The van der Waals surface area contributed by atoms with Crippen molar-refractivity contribution in [3.05, 3.63) is 101 Å². The fraction of sp³-hybridized carbons (Fsp3) is 0.0435. The molecule has 28 heavy (non-hydrogen) atoms. The maximum absolute atomic E-state index is 13.3. The molecule has 0 aliphatic carbocycles. The monoisotopic (exact) mass is 374 g/mol. The van der Waals surface area contributed by atoms with Gasteiger partial charge >= 0.3 is 5.97 Å². The van der Waals surface area contributed by atoms with Gasteiger partial charge in [0.25, 0.3) is 0 Å². The minimum atomic E-state index is -0.488. The minimum absolute atomic E-state index is 0.0861. The van der Waals surface area contributed by atoms with Crippen molar-refractivity contribution in [3.8, 4) is 11.5 Å². The lowest BCUT2D eigenvalue weighted by molar-refractivity contribution is 0.0733. The summed E-state index contributed by atoms with van der Waals surface area (Å²) in [6.07, 6.45) is 1.48. The van der Waals surface area contributed by atoms with Gasteiger partial charge < -0.3 is 9.47 Å². The van der Waals surface area contributed by atoms with Crippen LogP contribution >= 0.6 is 0 Å². The molecule has 0 spiro atoms. The molecule has 0 fully saturated rings. The number of allylic oxidation sites excluding steroid dienone is 1. The van der Waals surface area contributed by atoms with E-state index in [1.165, 1.54) is 24.3 Å². The molecule has 4 rings (SSSR count). The molecule has 0 saturated carbocycles. The SMILES string of the molecule is Cc1ccccc1C(=O)Oc1ccc2c(c1)O/C(=C\c1cccc(F)c1)C2=O. The maximum atomic E-state index is 13.3. The summed E-state index contributed by atoms with van der Waals surface area (Å²) in [4.78, 5) is 24.9. The van der Waals surface area contributed by atoms with E-state index in [4.69, 9.17) is 9.47 Å². The third kappa shape index (κ3) is 3.42. The van der Waals surface area contributed by atoms with Gasteiger partial charge in [0, 0.05) is 6.07 Å². The molecule has 4 nitrogen and oxygen atoms in total. The summed E-state index contributed by atoms with van der Waals surface area (Å²) in [7, 11) is 0. The second-order valence-electron chi connectivity index (χ2n) is 6.36. The van der Waals surface area contributed by atoms with Gasteiger partial charge in [-0.3, -0.25) is 4.79 Å². The molecule has 0 N–H and O–H groups in total. The second kappa shape index (κ2) is 7.12. The van der Waals surface area contributed by atoms with Crippen LogP contribution in [0.15, 0.2) is 72.5 Å². The molecule has 1 aliphatic rings. The molecule has 1 aliphatic heterocycles. The zero-order chi connectivity index (χ0) is 19.7. The highest BCUT2D eigenvalue weighted by atomic mass is 19.1. The molecule has 0 bridgehead atoms. The quantitative estimate of drug-likeness (QED) is 0.369. The number of ketones is 1. The number of Topliss-reactive ketones (excluding diaryl/α,β-unsaturated/α-hetero) is 1. The van der Waals surface area contributed by atoms with Crippen LogP contribution in [0.2, 0.25) is 0 Å². The van der Waals surface area contributed by atoms with Crippen LogP contribution in [0.3, 0.4) is 0 Å². The number of rotatable bonds is 3. The average Bonchev–Trinajstić information content (AvgIpc) is 2.97. The van der Waals surface area contributed by atoms with Crippen molar-refractivity contribution in [2.45, 2.75) is 6.92 Å². The van der Waals surface area contributed by atoms with Gasteiger partial charge in [0.1, 0.15) is 17.3 Å². The average molecular weight is 374 g/mol. The van der Waals surface area contributed by atoms with Gasteiger partial charge in [0.2, 0.25) is 5.78 Å². The topological polar surface area (TPSA) is 52.6 Å². The van der Waals surface area contributed by atoms with E-state index in [1.54, 1.807) is 36.4 Å². The zero-order valence-electron chi connectivity index (χ0n) is 14.9. The number of hydrogen-bond donors (Lipinski definition) is 0. The summed E-state index contributed by atoms with van der Waals surface area (Å²) in [6, 6.07) is 17.6. The van der Waals surface area contributed by atoms with Crippen LogP contribution in [-0.4, -0.2) is 11.8 Å². The Morgan fingerprint density at radius 3 is 2.64 bits per heavy atom. The standard InChI is InChI=1S/C23H15FO4/c1-14-5-2-3-8-18(14)23(26)27-17-9-10-19-20(13-17)28-21(22(19)25)12-15-6-4-7-16(24)11-15/h2-13H,1H3/b21-12-. The van der Waals surface area contributed by atoms with Crippen molar-refractivity contribution in [1.29, 1.82) is 0 Å². The highest BCUT2D eigenvalue weighted by Gasteiger charge is 2.28. The van der Waals surface area contributed by atoms with Crippen LogP contribution in [0, 0.1) is 12.7 Å². The lowest BCUT2D eigenvalue weighted by Gasteiger charge is -2.07. The molecule has 0 unspecified atom stereocenters. The van der Waals surface area contributed by atoms with E-state index in [2.05, 4.69) is 0 Å². The van der Waals surface area contributed by atoms with Crippen LogP contribution < -0.4 is 9.47 Å². The number of carbonyl (C=O) groups is 2. The van der Waals surface area contributed by atoms with Gasteiger partial charge in [-0.25, -0.2) is 9.18 Å². The van der Waals surface area contributed by atoms with Crippen molar-refractivity contribution in [1.82, 2.24) is 0 Å². The molecule has 5 heteroatoms. The summed E-state index contributed by atoms with van der Waals surface area (Å²) < 4.78 is 24.4. The Kier molecular flexibility index (Phi) is 4.49. The van der Waals surface area contributed by atoms with Crippen LogP contribution in [0.4, 0.5) is 4.39 Å². The first-order chi connectivity index (χ1) is 13.5. The maximum Gasteiger partial charge on any atom is 0.343 e. The molecular weight excluding hydrogens is 359 g/mol. The number of carbonyl (C=O) groups excluding carboxylic acids is 2. The predicted octanol–water partition coefficient (Wildman–Crippen LogP) is 4.97. The fourth-order valence-electron chi connectivity index (χ4n) is 2.94. The first kappa shape index (κ1) is 17.7. The number of benzene rings is 3. The predicted molar refractivity (Wildman–Crippen MR) is 102 cm³/mol. The van der Waals surface area contributed by atoms with E-state index in [-0.39, 0.29) is 17.3 Å². The van der Waals surface area contributed by atoms with E-state index in [0.29, 0.717) is 22.4 Å². The minimum Gasteiger partial charge on any atom is -0.452 e. The molecule has 3 aromatic rings. The summed E-state index contributed by atoms with van der Waals surface area (Å²) in [5.74, 6) is -0.547. The van der Waals surface area contributed by atoms with Crippen molar-refractivity contribution in [2.75, 3.05) is 0 Å². The van der Waals surface area contributed by atoms with Crippen molar-refractivity contribution >= 4 is 17.8 Å². The normalized spacial score (nSPS) is 13.9. The Labute approximate surface area is 160 Å². The fourth-order valence-corrected chi connectivity index (χ4v) is 2.94. The van der Waals surface area contributed by atoms with E-state index in [1.807, 2.05) is 19.1 Å². The third-order valence-electron chi connectivity index (χ3n) is 4.36. The number of esters is 1. The van der Waals surface area contributed by atoms with Crippen molar-refractivity contribution in [2.24, 2.45) is 0 Å². The highest BCUT2D eigenvalue weighted by Crippen LogP contribution is 2.35. The number of fused-ring (bicyclic) bond motifs is 1. The number of ether oxygens (including phenoxy) is 2. The molecule has 0 radical (unpaired) electrons. The Hall–Kier alpha value is -3.73. The Balaban J connectivity index is 1.57. The lowest BCUT2D eigenvalue weighted by atomic mass is 10.1. The molecule has 0 aromatic heterocycles. The van der Waals surface area contributed by atoms with E-state index < -0.39 is 11.8 Å². The van der Waals surface area contributed by atoms with Gasteiger partial charge in [-0.1, -0.05) is 30.3 Å². The van der Waals surface area contributed by atoms with Gasteiger partial charge in [-0.15, -0.1) is 0 Å². The molecular formula is C23H15FO4. The van der Waals surface area contributed by atoms with Gasteiger partial charge in [-0.2, -0.15) is 0 Å².